The van der Waals surface area contributed by atoms with Crippen molar-refractivity contribution < 1.29 is 0 Å². The molecule has 0 fully saturated rings. The van der Waals surface area contributed by atoms with Crippen LogP contribution in [0.15, 0.2) is 36.5 Å². The summed E-state index contributed by atoms with van der Waals surface area (Å²) >= 11 is 0. The van der Waals surface area contributed by atoms with Crippen molar-refractivity contribution in [1.82, 2.24) is 4.57 Å². The van der Waals surface area contributed by atoms with Crippen LogP contribution in [-0.4, -0.2) is 4.57 Å². The molecular formula is C11H9N. The van der Waals surface area contributed by atoms with Crippen LogP contribution in [0.25, 0.3) is 17.3 Å². The van der Waals surface area contributed by atoms with E-state index in [1.54, 1.807) is 0 Å². The van der Waals surface area contributed by atoms with E-state index in [0.717, 1.165) is 6.42 Å². The zero-order chi connectivity index (χ0) is 7.97. The summed E-state index contributed by atoms with van der Waals surface area (Å²) in [6.45, 7) is 0. The Balaban J connectivity index is 2.30. The molecule has 2 aliphatic heterocycles. The van der Waals surface area contributed by atoms with E-state index < -0.39 is 0 Å². The van der Waals surface area contributed by atoms with Crippen LogP contribution in [0.4, 0.5) is 0 Å². The zero-order valence-electron chi connectivity index (χ0n) is 6.70. The second-order valence-corrected chi connectivity index (χ2v) is 3.20. The second kappa shape index (κ2) is 2.01. The molecule has 1 aliphatic carbocycles. The molecule has 0 atom stereocenters. The number of aromatic nitrogens is 1. The van der Waals surface area contributed by atoms with Crippen molar-refractivity contribution in [3.8, 4) is 11.1 Å². The van der Waals surface area contributed by atoms with E-state index in [1.165, 1.54) is 16.8 Å². The fourth-order valence-corrected chi connectivity index (χ4v) is 1.59. The number of nitrogens with zero attached hydrogens (tertiary/aromatic N) is 1. The van der Waals surface area contributed by atoms with Crippen molar-refractivity contribution in [2.45, 2.75) is 6.42 Å². The van der Waals surface area contributed by atoms with Crippen LogP contribution in [0.3, 0.4) is 0 Å². The molecule has 0 radical (unpaired) electrons. The first-order valence-corrected chi connectivity index (χ1v) is 4.20. The first-order chi connectivity index (χ1) is 5.93. The molecule has 0 unspecified atom stereocenters. The van der Waals surface area contributed by atoms with E-state index in [4.69, 9.17) is 0 Å². The minimum atomic E-state index is 1.06. The van der Waals surface area contributed by atoms with Gasteiger partial charge in [0.25, 0.3) is 0 Å². The molecule has 0 aromatic carbocycles. The Labute approximate surface area is 71.3 Å². The van der Waals surface area contributed by atoms with Crippen molar-refractivity contribution in [3.63, 3.8) is 0 Å². The van der Waals surface area contributed by atoms with Gasteiger partial charge in [-0.05, 0) is 29.3 Å². The highest BCUT2D eigenvalue weighted by molar-refractivity contribution is 5.78. The average molecular weight is 155 g/mol. The van der Waals surface area contributed by atoms with Crippen LogP contribution in [0.5, 0.6) is 0 Å². The summed E-state index contributed by atoms with van der Waals surface area (Å²) in [6.07, 6.45) is 7.47. The summed E-state index contributed by atoms with van der Waals surface area (Å²) in [5.74, 6) is 0. The number of allylic oxidation sites excluding steroid dienone is 1. The molecule has 58 valence electrons. The Morgan fingerprint density at radius 2 is 2.17 bits per heavy atom. The van der Waals surface area contributed by atoms with Gasteiger partial charge in [-0.2, -0.15) is 0 Å². The quantitative estimate of drug-likeness (QED) is 0.551. The summed E-state index contributed by atoms with van der Waals surface area (Å²) in [4.78, 5) is 0. The van der Waals surface area contributed by atoms with Gasteiger partial charge in [-0.15, -0.1) is 0 Å². The topological polar surface area (TPSA) is 4.93 Å². The SMILES string of the molecule is C1=Cn2cccc3cc-3cc2C1. The number of hydrogen-bond donors (Lipinski definition) is 0. The lowest BCUT2D eigenvalue weighted by Crippen LogP contribution is -1.87. The fourth-order valence-electron chi connectivity index (χ4n) is 1.59. The summed E-state index contributed by atoms with van der Waals surface area (Å²) < 4.78 is 2.17. The van der Waals surface area contributed by atoms with Crippen molar-refractivity contribution in [1.29, 1.82) is 0 Å². The van der Waals surface area contributed by atoms with Crippen LogP contribution in [0.1, 0.15) is 5.69 Å². The number of hydrogen-bond acceptors (Lipinski definition) is 0. The van der Waals surface area contributed by atoms with Gasteiger partial charge in [-0.25, -0.2) is 0 Å². The maximum absolute atomic E-state index is 2.26. The standard InChI is InChI=1S/C11H9N/c1-3-9-7-10(9)8-11-4-2-6-12(11)5-1/h1-3,5-8H,4H2. The van der Waals surface area contributed by atoms with Gasteiger partial charge in [-0.1, -0.05) is 12.1 Å². The maximum Gasteiger partial charge on any atom is 0.0264 e. The first-order valence-electron chi connectivity index (χ1n) is 4.20. The lowest BCUT2D eigenvalue weighted by atomic mass is 10.3. The van der Waals surface area contributed by atoms with E-state index in [-0.39, 0.29) is 0 Å². The van der Waals surface area contributed by atoms with Crippen LogP contribution >= 0.6 is 0 Å². The molecule has 0 aromatic rings. The average Bonchev–Trinajstić information content (AvgIpc) is 2.56. The van der Waals surface area contributed by atoms with Gasteiger partial charge in [0.15, 0.2) is 0 Å². The maximum atomic E-state index is 2.26. The molecule has 3 rings (SSSR count). The number of rotatable bonds is 0. The smallest absolute Gasteiger partial charge is 0.0264 e. The summed E-state index contributed by atoms with van der Waals surface area (Å²) in [6, 6.07) is 8.71. The van der Waals surface area contributed by atoms with Gasteiger partial charge >= 0.3 is 0 Å². The molecule has 0 aromatic heterocycles. The van der Waals surface area contributed by atoms with Crippen LogP contribution in [0.2, 0.25) is 0 Å². The van der Waals surface area contributed by atoms with Crippen LogP contribution in [-0.2, 0) is 6.42 Å². The molecule has 2 heterocycles. The van der Waals surface area contributed by atoms with Crippen molar-refractivity contribution >= 4 is 6.20 Å². The lowest BCUT2D eigenvalue weighted by molar-refractivity contribution is 1.06. The summed E-state index contributed by atoms with van der Waals surface area (Å²) in [5.41, 5.74) is 4.15. The van der Waals surface area contributed by atoms with Gasteiger partial charge in [0.2, 0.25) is 0 Å². The predicted octanol–water partition coefficient (Wildman–Crippen LogP) is 2.62. The van der Waals surface area contributed by atoms with Gasteiger partial charge in [0, 0.05) is 24.5 Å². The van der Waals surface area contributed by atoms with E-state index in [0.29, 0.717) is 0 Å². The van der Waals surface area contributed by atoms with Gasteiger partial charge < -0.3 is 4.57 Å². The van der Waals surface area contributed by atoms with Crippen LogP contribution in [0, 0.1) is 0 Å². The van der Waals surface area contributed by atoms with Gasteiger partial charge in [0.1, 0.15) is 0 Å². The molecule has 12 heavy (non-hydrogen) atoms. The Kier molecular flexibility index (Phi) is 1.01. The van der Waals surface area contributed by atoms with E-state index in [2.05, 4.69) is 47.3 Å². The van der Waals surface area contributed by atoms with Crippen LogP contribution < -0.4 is 0 Å². The van der Waals surface area contributed by atoms with E-state index in [1.807, 2.05) is 0 Å². The number of fused-ring (bicyclic) bond motifs is 2. The highest BCUT2D eigenvalue weighted by Gasteiger charge is 2.09. The first kappa shape index (κ1) is 6.06. The predicted molar refractivity (Wildman–Crippen MR) is 50.1 cm³/mol. The monoisotopic (exact) mass is 155 g/mol. The lowest BCUT2D eigenvalue weighted by Gasteiger charge is -1.97. The van der Waals surface area contributed by atoms with Crippen molar-refractivity contribution in [2.75, 3.05) is 0 Å². The summed E-state index contributed by atoms with van der Waals surface area (Å²) in [5, 5.41) is 0. The third-order valence-electron chi connectivity index (χ3n) is 2.33. The second-order valence-electron chi connectivity index (χ2n) is 3.20. The third kappa shape index (κ3) is 0.797. The molecule has 0 N–H and O–H groups in total. The molecule has 0 spiro atoms. The molecule has 0 amide bonds. The normalized spacial score (nSPS) is 14.0. The van der Waals surface area contributed by atoms with Gasteiger partial charge in [-0.3, -0.25) is 0 Å². The molecule has 3 aliphatic rings. The molecule has 0 saturated heterocycles. The molecule has 0 saturated carbocycles. The van der Waals surface area contributed by atoms with Crippen molar-refractivity contribution in [3.05, 3.63) is 42.2 Å². The Morgan fingerprint density at radius 3 is 3.17 bits per heavy atom. The molecule has 1 nitrogen and oxygen atoms in total. The molecular weight excluding hydrogens is 146 g/mol. The largest absolute Gasteiger partial charge is 0.328 e. The molecule has 0 bridgehead atoms. The third-order valence-corrected chi connectivity index (χ3v) is 2.33. The minimum Gasteiger partial charge on any atom is -0.328 e. The Hall–Kier alpha value is -1.50. The Bertz CT molecular complexity index is 423. The van der Waals surface area contributed by atoms with Gasteiger partial charge in [0.05, 0.1) is 0 Å². The van der Waals surface area contributed by atoms with E-state index >= 15 is 0 Å². The highest BCUT2D eigenvalue weighted by Crippen LogP contribution is 2.31. The van der Waals surface area contributed by atoms with Crippen molar-refractivity contribution in [2.24, 2.45) is 0 Å². The fraction of sp³-hybridized carbons (Fsp3) is 0.0909. The molecule has 1 heteroatoms. The zero-order valence-corrected chi connectivity index (χ0v) is 6.70. The highest BCUT2D eigenvalue weighted by atomic mass is 14.9. The minimum absolute atomic E-state index is 1.06. The van der Waals surface area contributed by atoms with E-state index in [9.17, 15) is 0 Å². The summed E-state index contributed by atoms with van der Waals surface area (Å²) in [7, 11) is 0. The Morgan fingerprint density at radius 1 is 1.17 bits per heavy atom.